The lowest BCUT2D eigenvalue weighted by Gasteiger charge is -2.28. The summed E-state index contributed by atoms with van der Waals surface area (Å²) in [7, 11) is 3.72. The number of fused-ring (bicyclic) bond motifs is 1. The zero-order valence-corrected chi connectivity index (χ0v) is 19.8. The molecular weight excluding hydrogens is 466 g/mol. The molecule has 0 spiro atoms. The van der Waals surface area contributed by atoms with Crippen LogP contribution in [-0.4, -0.2) is 73.9 Å². The van der Waals surface area contributed by atoms with Gasteiger partial charge in [-0.2, -0.15) is 5.90 Å². The highest BCUT2D eigenvalue weighted by Gasteiger charge is 2.23. The van der Waals surface area contributed by atoms with Crippen LogP contribution in [-0.2, 0) is 23.2 Å². The van der Waals surface area contributed by atoms with Crippen molar-refractivity contribution in [2.24, 2.45) is 12.9 Å². The fourth-order valence-electron chi connectivity index (χ4n) is 3.94. The minimum Gasteiger partial charge on any atom is -0.508 e. The number of hydrogen-bond donors (Lipinski definition) is 2. The van der Waals surface area contributed by atoms with Crippen molar-refractivity contribution in [3.63, 3.8) is 0 Å². The minimum absolute atomic E-state index is 0.157. The van der Waals surface area contributed by atoms with Crippen LogP contribution in [0.3, 0.4) is 0 Å². The molecule has 1 aromatic carbocycles. The van der Waals surface area contributed by atoms with Crippen LogP contribution < -0.4 is 15.7 Å². The van der Waals surface area contributed by atoms with E-state index in [1.54, 1.807) is 24.3 Å². The number of anilines is 2. The SMILES string of the molecule is CN(Cc1nc2c(N3CCOCC3)nc(-c3ccc(O)cc3)nc2n1C)c1ncc(C(=O)ON)cn1. The van der Waals surface area contributed by atoms with Crippen LogP contribution in [0.2, 0.25) is 0 Å². The van der Waals surface area contributed by atoms with Gasteiger partial charge in [-0.05, 0) is 24.3 Å². The zero-order valence-electron chi connectivity index (χ0n) is 19.8. The van der Waals surface area contributed by atoms with E-state index in [1.807, 2.05) is 23.6 Å². The Morgan fingerprint density at radius 2 is 1.83 bits per heavy atom. The summed E-state index contributed by atoms with van der Waals surface area (Å²) in [4.78, 5) is 42.7. The molecule has 186 valence electrons. The highest BCUT2D eigenvalue weighted by Crippen LogP contribution is 2.29. The third-order valence-electron chi connectivity index (χ3n) is 5.93. The summed E-state index contributed by atoms with van der Waals surface area (Å²) in [5.41, 5.74) is 2.31. The van der Waals surface area contributed by atoms with E-state index >= 15 is 0 Å². The fourth-order valence-corrected chi connectivity index (χ4v) is 3.94. The van der Waals surface area contributed by atoms with Crippen molar-refractivity contribution in [3.05, 3.63) is 48.0 Å². The molecular formula is C23H25N9O4. The summed E-state index contributed by atoms with van der Waals surface area (Å²) >= 11 is 0. The zero-order chi connectivity index (χ0) is 25.2. The number of hydrogen-bond acceptors (Lipinski definition) is 12. The van der Waals surface area contributed by atoms with Gasteiger partial charge in [-0.3, -0.25) is 0 Å². The number of benzene rings is 1. The Hall–Kier alpha value is -4.36. The number of ether oxygens (including phenoxy) is 1. The van der Waals surface area contributed by atoms with Crippen LogP contribution in [0.5, 0.6) is 5.75 Å². The molecule has 1 fully saturated rings. The molecule has 13 heteroatoms. The third-order valence-corrected chi connectivity index (χ3v) is 5.93. The molecule has 0 atom stereocenters. The van der Waals surface area contributed by atoms with Gasteiger partial charge in [-0.25, -0.2) is 29.7 Å². The number of phenols is 1. The molecule has 1 aliphatic rings. The molecule has 0 saturated carbocycles. The van der Waals surface area contributed by atoms with Crippen molar-refractivity contribution < 1.29 is 19.5 Å². The molecule has 1 aliphatic heterocycles. The number of morpholine rings is 1. The smallest absolute Gasteiger partial charge is 0.359 e. The molecule has 5 rings (SSSR count). The lowest BCUT2D eigenvalue weighted by molar-refractivity contribution is 0.0502. The van der Waals surface area contributed by atoms with Gasteiger partial charge in [0.25, 0.3) is 0 Å². The van der Waals surface area contributed by atoms with E-state index < -0.39 is 5.97 Å². The van der Waals surface area contributed by atoms with Crippen molar-refractivity contribution >= 4 is 28.9 Å². The monoisotopic (exact) mass is 491 g/mol. The third kappa shape index (κ3) is 4.48. The maximum Gasteiger partial charge on any atom is 0.359 e. The molecule has 36 heavy (non-hydrogen) atoms. The fraction of sp³-hybridized carbons (Fsp3) is 0.304. The summed E-state index contributed by atoms with van der Waals surface area (Å²) in [5.74, 6) is 6.79. The first-order chi connectivity index (χ1) is 17.4. The highest BCUT2D eigenvalue weighted by atomic mass is 16.7. The maximum atomic E-state index is 11.5. The Balaban J connectivity index is 1.52. The second-order valence-corrected chi connectivity index (χ2v) is 8.31. The first-order valence-electron chi connectivity index (χ1n) is 11.2. The predicted molar refractivity (Wildman–Crippen MR) is 130 cm³/mol. The molecule has 3 N–H and O–H groups in total. The summed E-state index contributed by atoms with van der Waals surface area (Å²) in [6.45, 7) is 2.97. The Labute approximate surface area is 206 Å². The Bertz CT molecular complexity index is 1380. The summed E-state index contributed by atoms with van der Waals surface area (Å²) < 4.78 is 7.45. The standard InChI is InChI=1S/C23H25N9O4/c1-30(23-25-11-15(12-26-23)22(34)36-24)13-17-27-18-20(31(17)2)28-19(14-3-5-16(33)6-4-14)29-21(18)32-7-9-35-10-8-32/h3-6,11-12,33H,7-10,13,24H2,1-2H3. The minimum atomic E-state index is -0.710. The normalized spacial score (nSPS) is 13.7. The average Bonchev–Trinajstić information content (AvgIpc) is 3.23. The van der Waals surface area contributed by atoms with Gasteiger partial charge in [0.1, 0.15) is 11.6 Å². The van der Waals surface area contributed by atoms with Gasteiger partial charge in [0.15, 0.2) is 22.8 Å². The van der Waals surface area contributed by atoms with Crippen LogP contribution in [0.4, 0.5) is 11.8 Å². The number of nitrogens with two attached hydrogens (primary N) is 1. The Morgan fingerprint density at radius 1 is 1.14 bits per heavy atom. The molecule has 0 radical (unpaired) electrons. The van der Waals surface area contributed by atoms with E-state index in [2.05, 4.69) is 19.7 Å². The summed E-state index contributed by atoms with van der Waals surface area (Å²) in [6.07, 6.45) is 2.71. The number of aromatic nitrogens is 6. The number of carbonyl (C=O) groups excluding carboxylic acids is 1. The number of nitrogens with zero attached hydrogens (tertiary/aromatic N) is 8. The van der Waals surface area contributed by atoms with Gasteiger partial charge in [-0.15, -0.1) is 0 Å². The second-order valence-electron chi connectivity index (χ2n) is 8.31. The molecule has 4 heterocycles. The number of aryl methyl sites for hydroxylation is 1. The van der Waals surface area contributed by atoms with Crippen LogP contribution in [0.15, 0.2) is 36.7 Å². The topological polar surface area (TPSA) is 158 Å². The number of aromatic hydroxyl groups is 1. The molecule has 0 aliphatic carbocycles. The van der Waals surface area contributed by atoms with E-state index in [0.29, 0.717) is 55.8 Å². The quantitative estimate of drug-likeness (QED) is 0.370. The first kappa shape index (κ1) is 23.4. The molecule has 1 saturated heterocycles. The Morgan fingerprint density at radius 3 is 2.50 bits per heavy atom. The number of carbonyl (C=O) groups is 1. The van der Waals surface area contributed by atoms with Crippen LogP contribution >= 0.6 is 0 Å². The summed E-state index contributed by atoms with van der Waals surface area (Å²) in [6, 6.07) is 6.79. The predicted octanol–water partition coefficient (Wildman–Crippen LogP) is 1.03. The van der Waals surface area contributed by atoms with E-state index in [9.17, 15) is 9.90 Å². The van der Waals surface area contributed by atoms with Crippen LogP contribution in [0.25, 0.3) is 22.6 Å². The molecule has 4 aromatic rings. The van der Waals surface area contributed by atoms with Gasteiger partial charge in [0.2, 0.25) is 5.95 Å². The van der Waals surface area contributed by atoms with Crippen molar-refractivity contribution in [1.82, 2.24) is 29.5 Å². The largest absolute Gasteiger partial charge is 0.508 e. The molecule has 0 unspecified atom stereocenters. The molecule has 0 bridgehead atoms. The lowest BCUT2D eigenvalue weighted by Crippen LogP contribution is -2.37. The molecule has 0 amide bonds. The van der Waals surface area contributed by atoms with Gasteiger partial charge in [-0.1, -0.05) is 0 Å². The van der Waals surface area contributed by atoms with E-state index in [-0.39, 0.29) is 11.3 Å². The van der Waals surface area contributed by atoms with Crippen molar-refractivity contribution in [2.45, 2.75) is 6.54 Å². The number of rotatable bonds is 6. The van der Waals surface area contributed by atoms with E-state index in [0.717, 1.165) is 17.2 Å². The van der Waals surface area contributed by atoms with Gasteiger partial charge >= 0.3 is 5.97 Å². The van der Waals surface area contributed by atoms with Gasteiger partial charge < -0.3 is 29.0 Å². The molecule has 13 nitrogen and oxygen atoms in total. The first-order valence-corrected chi connectivity index (χ1v) is 11.2. The van der Waals surface area contributed by atoms with Gasteiger partial charge in [0.05, 0.1) is 25.3 Å². The lowest BCUT2D eigenvalue weighted by atomic mass is 10.2. The second kappa shape index (κ2) is 9.71. The van der Waals surface area contributed by atoms with Gasteiger partial charge in [0, 0.05) is 45.1 Å². The van der Waals surface area contributed by atoms with Crippen LogP contribution in [0.1, 0.15) is 16.2 Å². The van der Waals surface area contributed by atoms with E-state index in [1.165, 1.54) is 12.4 Å². The average molecular weight is 492 g/mol. The Kier molecular flexibility index (Phi) is 6.31. The van der Waals surface area contributed by atoms with Crippen molar-refractivity contribution in [1.29, 1.82) is 0 Å². The van der Waals surface area contributed by atoms with Crippen LogP contribution in [0, 0.1) is 0 Å². The number of imidazole rings is 1. The van der Waals surface area contributed by atoms with E-state index in [4.69, 9.17) is 25.6 Å². The molecule has 3 aromatic heterocycles. The van der Waals surface area contributed by atoms with Crippen molar-refractivity contribution in [2.75, 3.05) is 43.2 Å². The number of phenolic OH excluding ortho intramolecular Hbond substituents is 1. The van der Waals surface area contributed by atoms with Crippen molar-refractivity contribution in [3.8, 4) is 17.1 Å². The maximum absolute atomic E-state index is 11.5. The highest BCUT2D eigenvalue weighted by molar-refractivity contribution is 5.88. The summed E-state index contributed by atoms with van der Waals surface area (Å²) in [5, 5.41) is 9.69.